The van der Waals surface area contributed by atoms with E-state index in [2.05, 4.69) is 5.73 Å². The molecule has 0 aliphatic rings. The highest BCUT2D eigenvalue weighted by molar-refractivity contribution is 7.86. The Labute approximate surface area is 51.7 Å². The van der Waals surface area contributed by atoms with E-state index in [9.17, 15) is 8.42 Å². The van der Waals surface area contributed by atoms with Crippen molar-refractivity contribution >= 4 is 10.1 Å². The Balaban J connectivity index is 4.24. The summed E-state index contributed by atoms with van der Waals surface area (Å²) in [6.07, 6.45) is -1.97. The highest BCUT2D eigenvalue weighted by atomic mass is 32.2. The largest absolute Gasteiger partial charge is 0.375 e. The minimum absolute atomic E-state index is 1.97. The van der Waals surface area contributed by atoms with E-state index >= 15 is 0 Å². The fourth-order valence-electron chi connectivity index (χ4n) is 0.176. The van der Waals surface area contributed by atoms with Gasteiger partial charge in [0, 0.05) is 0 Å². The normalized spacial score (nSPS) is 19.1. The van der Waals surface area contributed by atoms with Crippen molar-refractivity contribution in [3.8, 4) is 0 Å². The van der Waals surface area contributed by atoms with Crippen molar-refractivity contribution in [2.45, 2.75) is 11.7 Å². The van der Waals surface area contributed by atoms with Crippen molar-refractivity contribution in [1.29, 1.82) is 0 Å². The maximum Gasteiger partial charge on any atom is 0.296 e. The maximum atomic E-state index is 9.84. The highest BCUT2D eigenvalue weighted by Gasteiger charge is 2.24. The molecule has 0 saturated heterocycles. The summed E-state index contributed by atoms with van der Waals surface area (Å²) in [6.45, 7) is 0. The topological polar surface area (TPSA) is 121 Å². The molecule has 0 rings (SSSR count). The number of nitrogens with two attached hydrogens (primary N) is 1. The van der Waals surface area contributed by atoms with Gasteiger partial charge in [-0.3, -0.25) is 4.55 Å². The first-order valence-electron chi connectivity index (χ1n) is 1.93. The SMILES string of the molecule is NC(O)C(O)S(=O)(=O)O. The van der Waals surface area contributed by atoms with Crippen LogP contribution in [0.1, 0.15) is 0 Å². The molecule has 0 radical (unpaired) electrons. The average molecular weight is 157 g/mol. The molecule has 0 spiro atoms. The van der Waals surface area contributed by atoms with Crippen LogP contribution >= 0.6 is 0 Å². The second kappa shape index (κ2) is 2.58. The standard InChI is InChI=1S/C2H7NO5S/c3-1(4)2(5)9(6,7)8/h1-2,4-5H,3H2,(H,6,7,8). The summed E-state index contributed by atoms with van der Waals surface area (Å²) in [4.78, 5) is 0. The van der Waals surface area contributed by atoms with E-state index in [1.54, 1.807) is 0 Å². The molecule has 0 aliphatic heterocycles. The van der Waals surface area contributed by atoms with Gasteiger partial charge in [-0.15, -0.1) is 0 Å². The van der Waals surface area contributed by atoms with Gasteiger partial charge in [0.05, 0.1) is 0 Å². The Morgan fingerprint density at radius 1 is 1.33 bits per heavy atom. The van der Waals surface area contributed by atoms with Crippen molar-refractivity contribution in [2.24, 2.45) is 5.73 Å². The summed E-state index contributed by atoms with van der Waals surface area (Å²) >= 11 is 0. The van der Waals surface area contributed by atoms with Gasteiger partial charge in [-0.1, -0.05) is 0 Å². The Kier molecular flexibility index (Phi) is 2.52. The molecular formula is C2H7NO5S. The van der Waals surface area contributed by atoms with E-state index in [0.29, 0.717) is 0 Å². The van der Waals surface area contributed by atoms with Crippen molar-refractivity contribution in [2.75, 3.05) is 0 Å². The van der Waals surface area contributed by atoms with E-state index in [0.717, 1.165) is 0 Å². The summed E-state index contributed by atoms with van der Waals surface area (Å²) in [6, 6.07) is 0. The van der Waals surface area contributed by atoms with Crippen LogP contribution in [0.3, 0.4) is 0 Å². The number of rotatable bonds is 2. The first kappa shape index (κ1) is 8.79. The van der Waals surface area contributed by atoms with Crippen molar-refractivity contribution < 1.29 is 23.2 Å². The van der Waals surface area contributed by atoms with Gasteiger partial charge in [-0.05, 0) is 0 Å². The molecule has 0 aliphatic carbocycles. The summed E-state index contributed by atoms with van der Waals surface area (Å²) in [5.74, 6) is 0. The zero-order valence-electron chi connectivity index (χ0n) is 4.30. The Morgan fingerprint density at radius 3 is 1.67 bits per heavy atom. The van der Waals surface area contributed by atoms with Gasteiger partial charge in [0.2, 0.25) is 5.44 Å². The molecule has 0 bridgehead atoms. The predicted molar refractivity (Wildman–Crippen MR) is 27.7 cm³/mol. The van der Waals surface area contributed by atoms with Gasteiger partial charge in [-0.2, -0.15) is 8.42 Å². The number of hydrogen-bond donors (Lipinski definition) is 4. The van der Waals surface area contributed by atoms with E-state index in [4.69, 9.17) is 14.8 Å². The highest BCUT2D eigenvalue weighted by Crippen LogP contribution is 1.94. The van der Waals surface area contributed by atoms with Crippen LogP contribution in [-0.2, 0) is 10.1 Å². The van der Waals surface area contributed by atoms with Crippen LogP contribution in [0.2, 0.25) is 0 Å². The molecular weight excluding hydrogens is 150 g/mol. The molecule has 0 amide bonds. The lowest BCUT2D eigenvalue weighted by atomic mass is 10.6. The van der Waals surface area contributed by atoms with Crippen LogP contribution in [0.4, 0.5) is 0 Å². The van der Waals surface area contributed by atoms with Gasteiger partial charge < -0.3 is 15.9 Å². The zero-order valence-corrected chi connectivity index (χ0v) is 5.11. The third-order valence-electron chi connectivity index (χ3n) is 0.597. The second-order valence-corrected chi connectivity index (χ2v) is 2.91. The van der Waals surface area contributed by atoms with Gasteiger partial charge in [0.15, 0.2) is 0 Å². The summed E-state index contributed by atoms with van der Waals surface area (Å²) < 4.78 is 27.6. The molecule has 7 heteroatoms. The molecule has 0 saturated carbocycles. The lowest BCUT2D eigenvalue weighted by Crippen LogP contribution is -2.39. The molecule has 9 heavy (non-hydrogen) atoms. The fraction of sp³-hybridized carbons (Fsp3) is 1.00. The molecule has 0 aromatic heterocycles. The molecule has 0 aromatic rings. The molecule has 0 fully saturated rings. The maximum absolute atomic E-state index is 9.84. The van der Waals surface area contributed by atoms with Gasteiger partial charge in [-0.25, -0.2) is 0 Å². The predicted octanol–water partition coefficient (Wildman–Crippen LogP) is -2.53. The third-order valence-corrected chi connectivity index (χ3v) is 1.49. The first-order chi connectivity index (χ1) is 3.85. The lowest BCUT2D eigenvalue weighted by Gasteiger charge is -2.08. The van der Waals surface area contributed by atoms with Crippen LogP contribution in [0.25, 0.3) is 0 Å². The van der Waals surface area contributed by atoms with Gasteiger partial charge in [0.1, 0.15) is 6.23 Å². The minimum Gasteiger partial charge on any atom is -0.375 e. The van der Waals surface area contributed by atoms with Gasteiger partial charge >= 0.3 is 0 Å². The third kappa shape index (κ3) is 2.72. The second-order valence-electron chi connectivity index (χ2n) is 1.40. The van der Waals surface area contributed by atoms with Crippen LogP contribution in [-0.4, -0.2) is 34.8 Å². The summed E-state index contributed by atoms with van der Waals surface area (Å²) in [5, 5.41) is 16.4. The molecule has 2 unspecified atom stereocenters. The Morgan fingerprint density at radius 2 is 1.67 bits per heavy atom. The van der Waals surface area contributed by atoms with Crippen LogP contribution in [0.15, 0.2) is 0 Å². The number of aliphatic hydroxyl groups is 2. The molecule has 56 valence electrons. The minimum atomic E-state index is -4.62. The molecule has 2 atom stereocenters. The summed E-state index contributed by atoms with van der Waals surface area (Å²) in [5.41, 5.74) is 2.17. The van der Waals surface area contributed by atoms with E-state index in [1.807, 2.05) is 0 Å². The zero-order chi connectivity index (χ0) is 7.65. The van der Waals surface area contributed by atoms with Crippen LogP contribution in [0, 0.1) is 0 Å². The quantitative estimate of drug-likeness (QED) is 0.259. The molecule has 5 N–H and O–H groups in total. The Bertz CT molecular complexity index is 171. The van der Waals surface area contributed by atoms with Crippen LogP contribution < -0.4 is 5.73 Å². The van der Waals surface area contributed by atoms with E-state index in [1.165, 1.54) is 0 Å². The van der Waals surface area contributed by atoms with Crippen molar-refractivity contribution in [3.05, 3.63) is 0 Å². The molecule has 0 aromatic carbocycles. The number of aliphatic hydroxyl groups excluding tert-OH is 2. The average Bonchev–Trinajstić information content (AvgIpc) is 1.62. The smallest absolute Gasteiger partial charge is 0.296 e. The monoisotopic (exact) mass is 157 g/mol. The molecule has 0 heterocycles. The van der Waals surface area contributed by atoms with Crippen LogP contribution in [0.5, 0.6) is 0 Å². The fourth-order valence-corrected chi connectivity index (χ4v) is 0.529. The van der Waals surface area contributed by atoms with Crippen molar-refractivity contribution in [3.63, 3.8) is 0 Å². The number of hydrogen-bond acceptors (Lipinski definition) is 5. The molecule has 6 nitrogen and oxygen atoms in total. The lowest BCUT2D eigenvalue weighted by molar-refractivity contribution is 0.0672. The van der Waals surface area contributed by atoms with Gasteiger partial charge in [0.25, 0.3) is 10.1 Å². The Hall–Kier alpha value is -0.210. The van der Waals surface area contributed by atoms with Crippen molar-refractivity contribution in [1.82, 2.24) is 0 Å². The van der Waals surface area contributed by atoms with E-state index in [-0.39, 0.29) is 0 Å². The first-order valence-corrected chi connectivity index (χ1v) is 3.44. The summed E-state index contributed by atoms with van der Waals surface area (Å²) in [7, 11) is -4.62. The van der Waals surface area contributed by atoms with E-state index < -0.39 is 21.8 Å².